The Hall–Kier alpha value is -0.903. The molecule has 80 valence electrons. The van der Waals surface area contributed by atoms with Gasteiger partial charge in [0.2, 0.25) is 0 Å². The number of hydrogen-bond acceptors (Lipinski definition) is 2. The summed E-state index contributed by atoms with van der Waals surface area (Å²) in [7, 11) is 3.81. The van der Waals surface area contributed by atoms with Gasteiger partial charge in [-0.3, -0.25) is 0 Å². The van der Waals surface area contributed by atoms with Crippen molar-refractivity contribution in [3.05, 3.63) is 36.4 Å². The summed E-state index contributed by atoms with van der Waals surface area (Å²) < 4.78 is 10.3. The molecule has 0 atom stereocenters. The Morgan fingerprint density at radius 1 is 1.33 bits per heavy atom. The van der Waals surface area contributed by atoms with Gasteiger partial charge in [-0.05, 0) is 12.5 Å². The summed E-state index contributed by atoms with van der Waals surface area (Å²) in [6.45, 7) is 5.93. The lowest BCUT2D eigenvalue weighted by Crippen LogP contribution is -2.31. The maximum Gasteiger partial charge on any atom is 0.157 e. The second kappa shape index (κ2) is 5.85. The van der Waals surface area contributed by atoms with Crippen molar-refractivity contribution in [3.8, 4) is 0 Å². The first-order valence-corrected chi connectivity index (χ1v) is 5.83. The molecule has 0 N–H and O–H groups in total. The van der Waals surface area contributed by atoms with E-state index in [0.717, 1.165) is 5.57 Å². The topological polar surface area (TPSA) is 18.5 Å². The summed E-state index contributed by atoms with van der Waals surface area (Å²) in [6, 6.07) is 8.31. The molecule has 15 heavy (non-hydrogen) atoms. The Labute approximate surface area is 93.7 Å². The third-order valence-corrected chi connectivity index (χ3v) is 3.42. The minimum Gasteiger partial charge on any atom is -0.360 e. The molecular formula is C12H16O2Si. The molecule has 1 rings (SSSR count). The van der Waals surface area contributed by atoms with Crippen LogP contribution in [-0.2, 0) is 9.47 Å². The van der Waals surface area contributed by atoms with Crippen LogP contribution in [-0.4, -0.2) is 29.7 Å². The number of hydrogen-bond donors (Lipinski definition) is 0. The lowest BCUT2D eigenvalue weighted by molar-refractivity contribution is -0.0429. The van der Waals surface area contributed by atoms with Crippen molar-refractivity contribution in [3.63, 3.8) is 0 Å². The largest absolute Gasteiger partial charge is 0.360 e. The SMILES string of the molecule is C=C(C)c1cccc([Si]C(OC)OC)c1. The molecule has 0 unspecified atom stereocenters. The van der Waals surface area contributed by atoms with Crippen molar-refractivity contribution in [1.82, 2.24) is 0 Å². The van der Waals surface area contributed by atoms with Gasteiger partial charge in [0.1, 0.15) is 5.91 Å². The van der Waals surface area contributed by atoms with Crippen LogP contribution in [0.1, 0.15) is 12.5 Å². The Morgan fingerprint density at radius 3 is 2.53 bits per heavy atom. The third-order valence-electron chi connectivity index (χ3n) is 2.07. The van der Waals surface area contributed by atoms with E-state index in [1.54, 1.807) is 14.2 Å². The summed E-state index contributed by atoms with van der Waals surface area (Å²) >= 11 is 0. The van der Waals surface area contributed by atoms with Gasteiger partial charge in [0.15, 0.2) is 9.52 Å². The lowest BCUT2D eigenvalue weighted by Gasteiger charge is -2.12. The molecular weight excluding hydrogens is 204 g/mol. The van der Waals surface area contributed by atoms with Crippen LogP contribution in [0.15, 0.2) is 30.8 Å². The summed E-state index contributed by atoms with van der Waals surface area (Å²) in [6.07, 6.45) is 0. The lowest BCUT2D eigenvalue weighted by atomic mass is 10.1. The predicted octanol–water partition coefficient (Wildman–Crippen LogP) is 1.63. The first-order valence-electron chi connectivity index (χ1n) is 4.75. The molecule has 1 aromatic carbocycles. The van der Waals surface area contributed by atoms with Gasteiger partial charge in [0, 0.05) is 14.2 Å². The van der Waals surface area contributed by atoms with E-state index in [-0.39, 0.29) is 5.91 Å². The Kier molecular flexibility index (Phi) is 4.75. The van der Waals surface area contributed by atoms with Gasteiger partial charge in [-0.15, -0.1) is 0 Å². The standard InChI is InChI=1S/C12H16O2Si/c1-9(2)10-6-5-7-11(8-10)15-12(13-3)14-4/h5-8,12H,1H2,2-4H3. The minimum atomic E-state index is -0.148. The van der Waals surface area contributed by atoms with E-state index in [1.165, 1.54) is 10.8 Å². The fourth-order valence-electron chi connectivity index (χ4n) is 1.22. The molecule has 0 amide bonds. The highest BCUT2D eigenvalue weighted by Crippen LogP contribution is 2.08. The van der Waals surface area contributed by atoms with E-state index in [9.17, 15) is 0 Å². The van der Waals surface area contributed by atoms with Gasteiger partial charge in [-0.25, -0.2) is 0 Å². The molecule has 1 aromatic rings. The van der Waals surface area contributed by atoms with Gasteiger partial charge in [-0.1, -0.05) is 41.6 Å². The first kappa shape index (κ1) is 12.2. The van der Waals surface area contributed by atoms with E-state index >= 15 is 0 Å². The summed E-state index contributed by atoms with van der Waals surface area (Å²) in [5, 5.41) is 1.23. The zero-order valence-electron chi connectivity index (χ0n) is 9.41. The summed E-state index contributed by atoms with van der Waals surface area (Å²) in [5.41, 5.74) is 2.25. The van der Waals surface area contributed by atoms with E-state index in [2.05, 4.69) is 24.8 Å². The zero-order chi connectivity index (χ0) is 11.3. The van der Waals surface area contributed by atoms with Crippen molar-refractivity contribution in [1.29, 1.82) is 0 Å². The van der Waals surface area contributed by atoms with Crippen molar-refractivity contribution in [2.75, 3.05) is 14.2 Å². The molecule has 0 aliphatic rings. The molecule has 0 heterocycles. The molecule has 0 saturated heterocycles. The zero-order valence-corrected chi connectivity index (χ0v) is 10.4. The highest BCUT2D eigenvalue weighted by molar-refractivity contribution is 6.54. The van der Waals surface area contributed by atoms with Crippen molar-refractivity contribution >= 4 is 20.3 Å². The monoisotopic (exact) mass is 220 g/mol. The minimum absolute atomic E-state index is 0.148. The number of allylic oxidation sites excluding steroid dienone is 1. The van der Waals surface area contributed by atoms with Crippen molar-refractivity contribution < 1.29 is 9.47 Å². The van der Waals surface area contributed by atoms with Gasteiger partial charge in [-0.2, -0.15) is 0 Å². The molecule has 0 bridgehead atoms. The molecule has 0 saturated carbocycles. The number of methoxy groups -OCH3 is 2. The quantitative estimate of drug-likeness (QED) is 0.554. The smallest absolute Gasteiger partial charge is 0.157 e. The maximum absolute atomic E-state index is 5.17. The van der Waals surface area contributed by atoms with Crippen LogP contribution in [0.25, 0.3) is 5.57 Å². The van der Waals surface area contributed by atoms with Crippen LogP contribution >= 0.6 is 0 Å². The molecule has 0 spiro atoms. The predicted molar refractivity (Wildman–Crippen MR) is 64.3 cm³/mol. The first-order chi connectivity index (χ1) is 7.17. The molecule has 2 nitrogen and oxygen atoms in total. The van der Waals surface area contributed by atoms with Gasteiger partial charge in [0.25, 0.3) is 0 Å². The molecule has 3 heteroatoms. The van der Waals surface area contributed by atoms with Crippen LogP contribution in [0.5, 0.6) is 0 Å². The van der Waals surface area contributed by atoms with Crippen LogP contribution in [0.4, 0.5) is 0 Å². The fraction of sp³-hybridized carbons (Fsp3) is 0.333. The van der Waals surface area contributed by atoms with Gasteiger partial charge < -0.3 is 9.47 Å². The fourth-order valence-corrected chi connectivity index (χ4v) is 2.16. The van der Waals surface area contributed by atoms with Crippen LogP contribution in [0, 0.1) is 0 Å². The number of benzene rings is 1. The van der Waals surface area contributed by atoms with E-state index in [0.29, 0.717) is 9.52 Å². The van der Waals surface area contributed by atoms with E-state index in [1.807, 2.05) is 13.0 Å². The van der Waals surface area contributed by atoms with Crippen LogP contribution in [0.3, 0.4) is 0 Å². The van der Waals surface area contributed by atoms with E-state index in [4.69, 9.17) is 9.47 Å². The van der Waals surface area contributed by atoms with Crippen LogP contribution in [0.2, 0.25) is 0 Å². The second-order valence-corrected chi connectivity index (χ2v) is 4.65. The number of rotatable bonds is 5. The highest BCUT2D eigenvalue weighted by atomic mass is 28.2. The molecule has 0 fully saturated rings. The van der Waals surface area contributed by atoms with Gasteiger partial charge >= 0.3 is 0 Å². The summed E-state index contributed by atoms with van der Waals surface area (Å²) in [4.78, 5) is 0. The molecule has 2 radical (unpaired) electrons. The highest BCUT2D eigenvalue weighted by Gasteiger charge is 2.08. The third kappa shape index (κ3) is 3.62. The average molecular weight is 220 g/mol. The molecule has 0 aliphatic heterocycles. The van der Waals surface area contributed by atoms with Crippen LogP contribution < -0.4 is 5.19 Å². The Balaban J connectivity index is 2.77. The second-order valence-electron chi connectivity index (χ2n) is 3.31. The number of ether oxygens (including phenoxy) is 2. The average Bonchev–Trinajstić information content (AvgIpc) is 2.26. The summed E-state index contributed by atoms with van der Waals surface area (Å²) in [5.74, 6) is -0.148. The van der Waals surface area contributed by atoms with E-state index < -0.39 is 0 Å². The van der Waals surface area contributed by atoms with Crippen molar-refractivity contribution in [2.24, 2.45) is 0 Å². The molecule has 0 aliphatic carbocycles. The Morgan fingerprint density at radius 2 is 2.00 bits per heavy atom. The normalized spacial score (nSPS) is 10.7. The Bertz CT molecular complexity index is 332. The van der Waals surface area contributed by atoms with Crippen molar-refractivity contribution in [2.45, 2.75) is 12.8 Å². The van der Waals surface area contributed by atoms with Gasteiger partial charge in [0.05, 0.1) is 0 Å². The molecule has 0 aromatic heterocycles. The maximum atomic E-state index is 5.17.